The maximum Gasteiger partial charge on any atom is 0.0568 e. The molecule has 2 fully saturated rings. The zero-order valence-corrected chi connectivity index (χ0v) is 13.5. The van der Waals surface area contributed by atoms with Gasteiger partial charge in [0.05, 0.1) is 6.10 Å². The molecule has 0 radical (unpaired) electrons. The second-order valence-electron chi connectivity index (χ2n) is 7.11. The van der Waals surface area contributed by atoms with Gasteiger partial charge < -0.3 is 15.3 Å². The highest BCUT2D eigenvalue weighted by Gasteiger charge is 2.23. The lowest BCUT2D eigenvalue weighted by Gasteiger charge is -2.35. The van der Waals surface area contributed by atoms with Crippen LogP contribution in [0.1, 0.15) is 65.2 Å². The second-order valence-corrected chi connectivity index (χ2v) is 7.11. The van der Waals surface area contributed by atoms with Gasteiger partial charge >= 0.3 is 0 Å². The fourth-order valence-corrected chi connectivity index (χ4v) is 3.82. The van der Waals surface area contributed by atoms with E-state index in [1.54, 1.807) is 0 Å². The van der Waals surface area contributed by atoms with Gasteiger partial charge in [-0.05, 0) is 77.9 Å². The number of rotatable bonds is 6. The molecule has 1 saturated carbocycles. The Kier molecular flexibility index (Phi) is 6.79. The van der Waals surface area contributed by atoms with Crippen LogP contribution in [0, 0.1) is 5.92 Å². The molecule has 2 aliphatic rings. The number of piperidine rings is 1. The first kappa shape index (κ1) is 16.3. The van der Waals surface area contributed by atoms with Gasteiger partial charge in [-0.25, -0.2) is 0 Å². The van der Waals surface area contributed by atoms with Gasteiger partial charge in [-0.3, -0.25) is 0 Å². The molecular formula is C17H34N2O. The molecule has 20 heavy (non-hydrogen) atoms. The lowest BCUT2D eigenvalue weighted by Crippen LogP contribution is -2.45. The van der Waals surface area contributed by atoms with Crippen LogP contribution in [-0.4, -0.2) is 47.8 Å². The van der Waals surface area contributed by atoms with Crippen molar-refractivity contribution in [2.75, 3.05) is 19.6 Å². The summed E-state index contributed by atoms with van der Waals surface area (Å²) < 4.78 is 0. The van der Waals surface area contributed by atoms with Gasteiger partial charge in [-0.2, -0.15) is 0 Å². The van der Waals surface area contributed by atoms with E-state index in [4.69, 9.17) is 0 Å². The van der Waals surface area contributed by atoms with E-state index in [0.717, 1.165) is 19.0 Å². The van der Waals surface area contributed by atoms with Gasteiger partial charge in [0.1, 0.15) is 0 Å². The average molecular weight is 282 g/mol. The summed E-state index contributed by atoms with van der Waals surface area (Å²) in [5, 5.41) is 13.7. The number of likely N-dealkylation sites (tertiary alicyclic amines) is 1. The van der Waals surface area contributed by atoms with E-state index in [-0.39, 0.29) is 6.10 Å². The Balaban J connectivity index is 1.53. The Bertz CT molecular complexity index is 262. The third kappa shape index (κ3) is 5.01. The summed E-state index contributed by atoms with van der Waals surface area (Å²) in [6.45, 7) is 8.22. The van der Waals surface area contributed by atoms with Crippen LogP contribution in [0.5, 0.6) is 0 Å². The van der Waals surface area contributed by atoms with Gasteiger partial charge in [0.15, 0.2) is 0 Å². The maximum atomic E-state index is 9.97. The van der Waals surface area contributed by atoms with Gasteiger partial charge in [0, 0.05) is 12.1 Å². The molecule has 1 aliphatic carbocycles. The molecule has 0 aromatic heterocycles. The zero-order chi connectivity index (χ0) is 14.4. The van der Waals surface area contributed by atoms with Gasteiger partial charge in [0.25, 0.3) is 0 Å². The number of aliphatic hydroxyl groups is 1. The Hall–Kier alpha value is -0.120. The molecule has 3 heteroatoms. The fraction of sp³-hybridized carbons (Fsp3) is 1.00. The van der Waals surface area contributed by atoms with Crippen LogP contribution in [0.15, 0.2) is 0 Å². The predicted octanol–water partition coefficient (Wildman–Crippen LogP) is 2.78. The van der Waals surface area contributed by atoms with Crippen LogP contribution in [0.25, 0.3) is 0 Å². The Labute approximate surface area is 125 Å². The van der Waals surface area contributed by atoms with Crippen LogP contribution in [0.2, 0.25) is 0 Å². The van der Waals surface area contributed by atoms with E-state index in [2.05, 4.69) is 24.1 Å². The molecule has 0 amide bonds. The summed E-state index contributed by atoms with van der Waals surface area (Å²) in [6, 6.07) is 1.42. The molecule has 0 spiro atoms. The SMILES string of the molecule is CC(C)N1CCC(NCCCC2CCCCC2O)CC1. The molecule has 3 nitrogen and oxygen atoms in total. The molecule has 2 N–H and O–H groups in total. The molecule has 0 bridgehead atoms. The van der Waals surface area contributed by atoms with Crippen molar-refractivity contribution in [1.82, 2.24) is 10.2 Å². The molecular weight excluding hydrogens is 248 g/mol. The quantitative estimate of drug-likeness (QED) is 0.735. The average Bonchev–Trinajstić information content (AvgIpc) is 2.46. The molecule has 0 aromatic rings. The van der Waals surface area contributed by atoms with Crippen molar-refractivity contribution < 1.29 is 5.11 Å². The largest absolute Gasteiger partial charge is 0.393 e. The summed E-state index contributed by atoms with van der Waals surface area (Å²) in [5.41, 5.74) is 0. The number of nitrogens with zero attached hydrogens (tertiary/aromatic N) is 1. The van der Waals surface area contributed by atoms with Gasteiger partial charge in [-0.1, -0.05) is 12.8 Å². The monoisotopic (exact) mass is 282 g/mol. The minimum absolute atomic E-state index is 0.0157. The second kappa shape index (κ2) is 8.35. The minimum Gasteiger partial charge on any atom is -0.393 e. The molecule has 1 saturated heterocycles. The fourth-order valence-electron chi connectivity index (χ4n) is 3.82. The summed E-state index contributed by atoms with van der Waals surface area (Å²) >= 11 is 0. The van der Waals surface area contributed by atoms with Crippen LogP contribution >= 0.6 is 0 Å². The Morgan fingerprint density at radius 1 is 1.10 bits per heavy atom. The first-order valence-corrected chi connectivity index (χ1v) is 8.82. The van der Waals surface area contributed by atoms with E-state index in [0.29, 0.717) is 12.0 Å². The summed E-state index contributed by atoms with van der Waals surface area (Å²) in [4.78, 5) is 2.58. The summed E-state index contributed by atoms with van der Waals surface area (Å²) in [5.74, 6) is 0.577. The summed E-state index contributed by atoms with van der Waals surface area (Å²) in [6.07, 6.45) is 9.84. The van der Waals surface area contributed by atoms with Crippen molar-refractivity contribution in [1.29, 1.82) is 0 Å². The van der Waals surface area contributed by atoms with Crippen LogP contribution in [0.3, 0.4) is 0 Å². The third-order valence-corrected chi connectivity index (χ3v) is 5.31. The molecule has 2 atom stereocenters. The molecule has 0 aromatic carbocycles. The highest BCUT2D eigenvalue weighted by atomic mass is 16.3. The standard InChI is InChI=1S/C17H34N2O/c1-14(2)19-12-9-16(10-13-19)18-11-5-7-15-6-3-4-8-17(15)20/h14-18,20H,3-13H2,1-2H3. The van der Waals surface area contributed by atoms with Crippen molar-refractivity contribution >= 4 is 0 Å². The third-order valence-electron chi connectivity index (χ3n) is 5.31. The number of hydrogen-bond donors (Lipinski definition) is 2. The van der Waals surface area contributed by atoms with Crippen molar-refractivity contribution in [3.8, 4) is 0 Å². The number of hydrogen-bond acceptors (Lipinski definition) is 3. The van der Waals surface area contributed by atoms with Crippen molar-refractivity contribution in [3.05, 3.63) is 0 Å². The molecule has 1 aliphatic heterocycles. The first-order valence-electron chi connectivity index (χ1n) is 8.82. The lowest BCUT2D eigenvalue weighted by atomic mass is 9.83. The molecule has 118 valence electrons. The highest BCUT2D eigenvalue weighted by Crippen LogP contribution is 2.27. The Morgan fingerprint density at radius 3 is 2.45 bits per heavy atom. The minimum atomic E-state index is -0.0157. The molecule has 2 unspecified atom stereocenters. The maximum absolute atomic E-state index is 9.97. The molecule has 2 rings (SSSR count). The van der Waals surface area contributed by atoms with Crippen LogP contribution < -0.4 is 5.32 Å². The summed E-state index contributed by atoms with van der Waals surface area (Å²) in [7, 11) is 0. The van der Waals surface area contributed by atoms with Gasteiger partial charge in [-0.15, -0.1) is 0 Å². The zero-order valence-electron chi connectivity index (χ0n) is 13.5. The topological polar surface area (TPSA) is 35.5 Å². The van der Waals surface area contributed by atoms with E-state index in [1.807, 2.05) is 0 Å². The Morgan fingerprint density at radius 2 is 1.80 bits per heavy atom. The van der Waals surface area contributed by atoms with E-state index in [1.165, 1.54) is 58.0 Å². The van der Waals surface area contributed by atoms with Crippen LogP contribution in [-0.2, 0) is 0 Å². The van der Waals surface area contributed by atoms with E-state index in [9.17, 15) is 5.11 Å². The van der Waals surface area contributed by atoms with E-state index < -0.39 is 0 Å². The van der Waals surface area contributed by atoms with Crippen molar-refractivity contribution in [3.63, 3.8) is 0 Å². The normalized spacial score (nSPS) is 30.0. The highest BCUT2D eigenvalue weighted by molar-refractivity contribution is 4.79. The molecule has 1 heterocycles. The number of aliphatic hydroxyl groups excluding tert-OH is 1. The van der Waals surface area contributed by atoms with E-state index >= 15 is 0 Å². The smallest absolute Gasteiger partial charge is 0.0568 e. The van der Waals surface area contributed by atoms with Crippen molar-refractivity contribution in [2.24, 2.45) is 5.92 Å². The van der Waals surface area contributed by atoms with Gasteiger partial charge in [0.2, 0.25) is 0 Å². The lowest BCUT2D eigenvalue weighted by molar-refractivity contribution is 0.0640. The first-order chi connectivity index (χ1) is 9.66. The number of nitrogens with one attached hydrogen (secondary N) is 1. The van der Waals surface area contributed by atoms with Crippen molar-refractivity contribution in [2.45, 2.75) is 83.4 Å². The van der Waals surface area contributed by atoms with Crippen LogP contribution in [0.4, 0.5) is 0 Å². The predicted molar refractivity (Wildman–Crippen MR) is 84.9 cm³/mol.